The molecule has 0 amide bonds. The molecule has 29 heavy (non-hydrogen) atoms. The second kappa shape index (κ2) is 12.4. The van der Waals surface area contributed by atoms with Crippen LogP contribution in [0.4, 0.5) is 4.39 Å². The summed E-state index contributed by atoms with van der Waals surface area (Å²) in [7, 11) is 0. The first-order chi connectivity index (χ1) is 14.1. The minimum absolute atomic E-state index is 0.0505. The van der Waals surface area contributed by atoms with Crippen LogP contribution in [0, 0.1) is 17.1 Å². The maximum absolute atomic E-state index is 13.5. The summed E-state index contributed by atoms with van der Waals surface area (Å²) in [5.74, 6) is -0.503. The number of esters is 1. The van der Waals surface area contributed by atoms with Gasteiger partial charge in [-0.3, -0.25) is 0 Å². The fourth-order valence-corrected chi connectivity index (χ4v) is 2.71. The van der Waals surface area contributed by atoms with E-state index in [1.165, 1.54) is 50.3 Å². The summed E-state index contributed by atoms with van der Waals surface area (Å²) < 4.78 is 24.3. The summed E-state index contributed by atoms with van der Waals surface area (Å²) in [5, 5.41) is 8.70. The first-order valence-corrected chi connectivity index (χ1v) is 9.94. The van der Waals surface area contributed by atoms with Crippen LogP contribution in [0.2, 0.25) is 0 Å². The molecule has 4 nitrogen and oxygen atoms in total. The molecule has 2 aromatic carbocycles. The summed E-state index contributed by atoms with van der Waals surface area (Å²) in [6.07, 6.45) is 10.2. The predicted octanol–water partition coefficient (Wildman–Crippen LogP) is 6.06. The molecule has 5 heteroatoms. The Balaban J connectivity index is 1.75. The van der Waals surface area contributed by atoms with E-state index in [0.717, 1.165) is 23.8 Å². The molecule has 2 aromatic rings. The van der Waals surface area contributed by atoms with Crippen LogP contribution in [0.1, 0.15) is 56.6 Å². The summed E-state index contributed by atoms with van der Waals surface area (Å²) in [6.45, 7) is 2.91. The second-order valence-electron chi connectivity index (χ2n) is 6.69. The van der Waals surface area contributed by atoms with Crippen LogP contribution >= 0.6 is 0 Å². The fourth-order valence-electron chi connectivity index (χ4n) is 2.71. The number of rotatable bonds is 11. The molecule has 0 saturated carbocycles. The molecule has 0 atom stereocenters. The van der Waals surface area contributed by atoms with Gasteiger partial charge < -0.3 is 9.47 Å². The van der Waals surface area contributed by atoms with Gasteiger partial charge in [-0.15, -0.1) is 0 Å². The van der Waals surface area contributed by atoms with Crippen molar-refractivity contribution in [1.29, 1.82) is 5.26 Å². The van der Waals surface area contributed by atoms with E-state index in [0.29, 0.717) is 6.61 Å². The number of carbonyl (C=O) groups excluding carboxylic acids is 1. The Morgan fingerprint density at radius 3 is 2.41 bits per heavy atom. The van der Waals surface area contributed by atoms with E-state index in [4.69, 9.17) is 14.7 Å². The van der Waals surface area contributed by atoms with Gasteiger partial charge in [0, 0.05) is 12.1 Å². The van der Waals surface area contributed by atoms with Crippen molar-refractivity contribution in [2.75, 3.05) is 6.61 Å². The first kappa shape index (κ1) is 22.2. The quantitative estimate of drug-likeness (QED) is 0.201. The van der Waals surface area contributed by atoms with Gasteiger partial charge in [0.15, 0.2) is 0 Å². The van der Waals surface area contributed by atoms with E-state index in [2.05, 4.69) is 6.92 Å². The molecule has 0 aliphatic heterocycles. The molecular weight excluding hydrogens is 369 g/mol. The number of hydrogen-bond donors (Lipinski definition) is 0. The molecule has 0 unspecified atom stereocenters. The lowest BCUT2D eigenvalue weighted by Crippen LogP contribution is -2.04. The van der Waals surface area contributed by atoms with E-state index in [9.17, 15) is 9.18 Å². The SMILES string of the molecule is CCCCCCCCOc1ccc(/C=C/C(=O)Oc2ccc(C#N)c(F)c2)cc1. The van der Waals surface area contributed by atoms with Gasteiger partial charge in [-0.2, -0.15) is 5.26 Å². The van der Waals surface area contributed by atoms with Crippen LogP contribution in [-0.4, -0.2) is 12.6 Å². The minimum atomic E-state index is -0.724. The van der Waals surface area contributed by atoms with Crippen molar-refractivity contribution in [1.82, 2.24) is 0 Å². The Morgan fingerprint density at radius 1 is 1.03 bits per heavy atom. The molecule has 0 heterocycles. The van der Waals surface area contributed by atoms with Crippen molar-refractivity contribution in [2.45, 2.75) is 45.4 Å². The third-order valence-electron chi connectivity index (χ3n) is 4.34. The van der Waals surface area contributed by atoms with Gasteiger partial charge in [-0.1, -0.05) is 51.2 Å². The van der Waals surface area contributed by atoms with Gasteiger partial charge in [0.25, 0.3) is 0 Å². The molecule has 0 aromatic heterocycles. The van der Waals surface area contributed by atoms with Crippen LogP contribution in [0.3, 0.4) is 0 Å². The largest absolute Gasteiger partial charge is 0.494 e. The topological polar surface area (TPSA) is 59.3 Å². The molecule has 0 spiro atoms. The molecule has 0 aliphatic rings. The Hall–Kier alpha value is -3.13. The van der Waals surface area contributed by atoms with Gasteiger partial charge in [0.1, 0.15) is 23.4 Å². The lowest BCUT2D eigenvalue weighted by molar-refractivity contribution is -0.128. The third kappa shape index (κ3) is 8.18. The number of carbonyl (C=O) groups is 1. The smallest absolute Gasteiger partial charge is 0.336 e. The van der Waals surface area contributed by atoms with Crippen LogP contribution < -0.4 is 9.47 Å². The average Bonchev–Trinajstić information content (AvgIpc) is 2.72. The number of hydrogen-bond acceptors (Lipinski definition) is 4. The lowest BCUT2D eigenvalue weighted by atomic mass is 10.1. The molecule has 2 rings (SSSR count). The van der Waals surface area contributed by atoms with Gasteiger partial charge in [-0.05, 0) is 42.3 Å². The van der Waals surface area contributed by atoms with Crippen LogP contribution in [0.25, 0.3) is 6.08 Å². The number of nitrogens with zero attached hydrogens (tertiary/aromatic N) is 1. The Bertz CT molecular complexity index is 853. The highest BCUT2D eigenvalue weighted by Gasteiger charge is 2.06. The third-order valence-corrected chi connectivity index (χ3v) is 4.34. The number of ether oxygens (including phenoxy) is 2. The molecule has 152 valence electrons. The van der Waals surface area contributed by atoms with Gasteiger partial charge >= 0.3 is 5.97 Å². The standard InChI is InChI=1S/C24H26FNO3/c1-2-3-4-5-6-7-16-28-21-12-8-19(9-13-21)10-15-24(27)29-22-14-11-20(18-26)23(25)17-22/h8-15,17H,2-7,16H2,1H3/b15-10+. The minimum Gasteiger partial charge on any atom is -0.494 e. The molecule has 0 saturated heterocycles. The van der Waals surface area contributed by atoms with Gasteiger partial charge in [-0.25, -0.2) is 9.18 Å². The van der Waals surface area contributed by atoms with E-state index < -0.39 is 11.8 Å². The number of nitriles is 1. The van der Waals surface area contributed by atoms with E-state index in [1.807, 2.05) is 24.3 Å². The number of benzene rings is 2. The zero-order chi connectivity index (χ0) is 20.9. The zero-order valence-electron chi connectivity index (χ0n) is 16.7. The Kier molecular flexibility index (Phi) is 9.44. The van der Waals surface area contributed by atoms with Crippen LogP contribution in [0.5, 0.6) is 11.5 Å². The Morgan fingerprint density at radius 2 is 1.72 bits per heavy atom. The van der Waals surface area contributed by atoms with E-state index >= 15 is 0 Å². The zero-order valence-corrected chi connectivity index (χ0v) is 16.7. The highest BCUT2D eigenvalue weighted by atomic mass is 19.1. The van der Waals surface area contributed by atoms with Gasteiger partial charge in [0.2, 0.25) is 0 Å². The monoisotopic (exact) mass is 395 g/mol. The maximum atomic E-state index is 13.5. The van der Waals surface area contributed by atoms with Crippen molar-refractivity contribution in [2.24, 2.45) is 0 Å². The average molecular weight is 395 g/mol. The van der Waals surface area contributed by atoms with E-state index in [-0.39, 0.29) is 11.3 Å². The normalized spacial score (nSPS) is 10.7. The summed E-state index contributed by atoms with van der Waals surface area (Å²) in [6, 6.07) is 12.8. The fraction of sp³-hybridized carbons (Fsp3) is 0.333. The summed E-state index contributed by atoms with van der Waals surface area (Å²) in [5.41, 5.74) is 0.721. The molecular formula is C24H26FNO3. The van der Waals surface area contributed by atoms with Gasteiger partial charge in [0.05, 0.1) is 12.2 Å². The lowest BCUT2D eigenvalue weighted by Gasteiger charge is -2.06. The Labute approximate surface area is 171 Å². The first-order valence-electron chi connectivity index (χ1n) is 9.94. The molecule has 0 bridgehead atoms. The highest BCUT2D eigenvalue weighted by molar-refractivity contribution is 5.88. The van der Waals surface area contributed by atoms with Crippen LogP contribution in [0.15, 0.2) is 48.5 Å². The predicted molar refractivity (Wildman–Crippen MR) is 111 cm³/mol. The van der Waals surface area contributed by atoms with Crippen LogP contribution in [-0.2, 0) is 4.79 Å². The highest BCUT2D eigenvalue weighted by Crippen LogP contribution is 2.17. The van der Waals surface area contributed by atoms with Crippen molar-refractivity contribution >= 4 is 12.0 Å². The van der Waals surface area contributed by atoms with Crippen molar-refractivity contribution in [3.05, 3.63) is 65.5 Å². The summed E-state index contributed by atoms with van der Waals surface area (Å²) >= 11 is 0. The number of unbranched alkanes of at least 4 members (excludes halogenated alkanes) is 5. The number of halogens is 1. The maximum Gasteiger partial charge on any atom is 0.336 e. The van der Waals surface area contributed by atoms with Crippen molar-refractivity contribution < 1.29 is 18.7 Å². The second-order valence-corrected chi connectivity index (χ2v) is 6.69. The van der Waals surface area contributed by atoms with E-state index in [1.54, 1.807) is 12.1 Å². The molecule has 0 radical (unpaired) electrons. The van der Waals surface area contributed by atoms with Crippen molar-refractivity contribution in [3.8, 4) is 17.6 Å². The van der Waals surface area contributed by atoms with Crippen molar-refractivity contribution in [3.63, 3.8) is 0 Å². The molecule has 0 aliphatic carbocycles. The molecule has 0 fully saturated rings. The summed E-state index contributed by atoms with van der Waals surface area (Å²) in [4.78, 5) is 11.9. The molecule has 0 N–H and O–H groups in total.